The van der Waals surface area contributed by atoms with Crippen molar-refractivity contribution >= 4 is 11.6 Å². The first-order valence-corrected chi connectivity index (χ1v) is 7.09. The van der Waals surface area contributed by atoms with Crippen LogP contribution in [0.25, 0.3) is 0 Å². The Bertz CT molecular complexity index is 453. The summed E-state index contributed by atoms with van der Waals surface area (Å²) in [5.41, 5.74) is 1.81. The second-order valence-corrected chi connectivity index (χ2v) is 5.51. The van der Waals surface area contributed by atoms with E-state index in [1.165, 1.54) is 25.8 Å². The zero-order valence-electron chi connectivity index (χ0n) is 11.4. The maximum Gasteiger partial charge on any atom is 0.251 e. The van der Waals surface area contributed by atoms with Crippen LogP contribution in [0.15, 0.2) is 24.3 Å². The lowest BCUT2D eigenvalue weighted by Crippen LogP contribution is -2.27. The molecule has 1 heterocycles. The normalized spacial score (nSPS) is 23.3. The molecule has 4 nitrogen and oxygen atoms in total. The van der Waals surface area contributed by atoms with Gasteiger partial charge < -0.3 is 10.6 Å². The van der Waals surface area contributed by atoms with Crippen LogP contribution < -0.4 is 10.6 Å². The van der Waals surface area contributed by atoms with Crippen LogP contribution in [-0.4, -0.2) is 43.0 Å². The van der Waals surface area contributed by atoms with Gasteiger partial charge in [-0.3, -0.25) is 9.69 Å². The van der Waals surface area contributed by atoms with Gasteiger partial charge in [-0.15, -0.1) is 0 Å². The van der Waals surface area contributed by atoms with E-state index in [4.69, 9.17) is 0 Å². The molecule has 1 aliphatic carbocycles. The molecule has 0 bridgehead atoms. The number of carbonyl (C=O) groups excluding carboxylic acids is 1. The molecule has 1 unspecified atom stereocenters. The Morgan fingerprint density at radius 1 is 1.21 bits per heavy atom. The SMILES string of the molecule is CNC(=O)c1ccc(NC2CCN(C3CC3)C2)cc1. The Labute approximate surface area is 114 Å². The highest BCUT2D eigenvalue weighted by molar-refractivity contribution is 5.94. The van der Waals surface area contributed by atoms with Gasteiger partial charge in [-0.1, -0.05) is 0 Å². The Balaban J connectivity index is 1.56. The lowest BCUT2D eigenvalue weighted by molar-refractivity contribution is 0.0963. The van der Waals surface area contributed by atoms with Gasteiger partial charge in [0.05, 0.1) is 0 Å². The van der Waals surface area contributed by atoms with Crippen LogP contribution >= 0.6 is 0 Å². The van der Waals surface area contributed by atoms with Crippen LogP contribution in [0, 0.1) is 0 Å². The van der Waals surface area contributed by atoms with Crippen LogP contribution in [-0.2, 0) is 0 Å². The minimum Gasteiger partial charge on any atom is -0.381 e. The maximum atomic E-state index is 11.5. The molecule has 4 heteroatoms. The quantitative estimate of drug-likeness (QED) is 0.865. The van der Waals surface area contributed by atoms with E-state index in [9.17, 15) is 4.79 Å². The van der Waals surface area contributed by atoms with E-state index in [2.05, 4.69) is 15.5 Å². The van der Waals surface area contributed by atoms with Gasteiger partial charge in [0.2, 0.25) is 0 Å². The summed E-state index contributed by atoms with van der Waals surface area (Å²) in [7, 11) is 1.65. The monoisotopic (exact) mass is 259 g/mol. The smallest absolute Gasteiger partial charge is 0.251 e. The topological polar surface area (TPSA) is 44.4 Å². The number of anilines is 1. The van der Waals surface area contributed by atoms with Crippen molar-refractivity contribution in [3.05, 3.63) is 29.8 Å². The molecule has 1 amide bonds. The predicted octanol–water partition coefficient (Wildman–Crippen LogP) is 1.69. The third-order valence-corrected chi connectivity index (χ3v) is 4.03. The molecule has 102 valence electrons. The molecular weight excluding hydrogens is 238 g/mol. The van der Waals surface area contributed by atoms with Crippen molar-refractivity contribution < 1.29 is 4.79 Å². The van der Waals surface area contributed by atoms with Gasteiger partial charge in [0.25, 0.3) is 5.91 Å². The predicted molar refractivity (Wildman–Crippen MR) is 76.5 cm³/mol. The first-order chi connectivity index (χ1) is 9.26. The largest absolute Gasteiger partial charge is 0.381 e. The van der Waals surface area contributed by atoms with Crippen LogP contribution in [0.5, 0.6) is 0 Å². The fraction of sp³-hybridized carbons (Fsp3) is 0.533. The number of likely N-dealkylation sites (tertiary alicyclic amines) is 1. The number of nitrogens with one attached hydrogen (secondary N) is 2. The fourth-order valence-electron chi connectivity index (χ4n) is 2.77. The zero-order chi connectivity index (χ0) is 13.2. The molecule has 2 N–H and O–H groups in total. The molecule has 1 saturated heterocycles. The second kappa shape index (κ2) is 5.21. The van der Waals surface area contributed by atoms with Crippen molar-refractivity contribution in [2.45, 2.75) is 31.3 Å². The zero-order valence-corrected chi connectivity index (χ0v) is 11.4. The Hall–Kier alpha value is -1.55. The molecule has 3 rings (SSSR count). The van der Waals surface area contributed by atoms with Gasteiger partial charge in [-0.2, -0.15) is 0 Å². The number of carbonyl (C=O) groups is 1. The molecular formula is C15H21N3O. The standard InChI is InChI=1S/C15H21N3O/c1-16-15(19)11-2-4-12(5-3-11)17-13-8-9-18(10-13)14-6-7-14/h2-5,13-14,17H,6-10H2,1H3,(H,16,19). The summed E-state index contributed by atoms with van der Waals surface area (Å²) in [6, 6.07) is 9.13. The number of hydrogen-bond acceptors (Lipinski definition) is 3. The van der Waals surface area contributed by atoms with Gasteiger partial charge in [0.1, 0.15) is 0 Å². The van der Waals surface area contributed by atoms with Gasteiger partial charge in [0, 0.05) is 43.5 Å². The van der Waals surface area contributed by atoms with Crippen molar-refractivity contribution in [2.24, 2.45) is 0 Å². The third-order valence-electron chi connectivity index (χ3n) is 4.03. The number of nitrogens with zero attached hydrogens (tertiary/aromatic N) is 1. The highest BCUT2D eigenvalue weighted by Gasteiger charge is 2.34. The summed E-state index contributed by atoms with van der Waals surface area (Å²) in [6.07, 6.45) is 3.98. The summed E-state index contributed by atoms with van der Waals surface area (Å²) >= 11 is 0. The van der Waals surface area contributed by atoms with Crippen molar-refractivity contribution in [1.29, 1.82) is 0 Å². The third kappa shape index (κ3) is 2.89. The molecule has 0 spiro atoms. The molecule has 0 radical (unpaired) electrons. The number of hydrogen-bond donors (Lipinski definition) is 2. The van der Waals surface area contributed by atoms with E-state index in [1.54, 1.807) is 7.05 Å². The molecule has 1 aliphatic heterocycles. The van der Waals surface area contributed by atoms with Crippen molar-refractivity contribution in [1.82, 2.24) is 10.2 Å². The molecule has 1 aromatic rings. The molecule has 0 aromatic heterocycles. The van der Waals surface area contributed by atoms with Crippen LogP contribution in [0.4, 0.5) is 5.69 Å². The summed E-state index contributed by atoms with van der Waals surface area (Å²) in [5.74, 6) is -0.0349. The first kappa shape index (κ1) is 12.5. The highest BCUT2D eigenvalue weighted by Crippen LogP contribution is 2.30. The molecule has 1 saturated carbocycles. The Kier molecular flexibility index (Phi) is 3.42. The number of amides is 1. The van der Waals surface area contributed by atoms with Gasteiger partial charge in [-0.25, -0.2) is 0 Å². The van der Waals surface area contributed by atoms with E-state index in [1.807, 2.05) is 24.3 Å². The summed E-state index contributed by atoms with van der Waals surface area (Å²) in [5, 5.41) is 6.20. The molecule has 1 aromatic carbocycles. The molecule has 1 atom stereocenters. The average Bonchev–Trinajstić information content (AvgIpc) is 3.20. The van der Waals surface area contributed by atoms with Gasteiger partial charge in [0.15, 0.2) is 0 Å². The fourth-order valence-corrected chi connectivity index (χ4v) is 2.77. The van der Waals surface area contributed by atoms with E-state index in [-0.39, 0.29) is 5.91 Å². The average molecular weight is 259 g/mol. The van der Waals surface area contributed by atoms with Crippen molar-refractivity contribution in [3.63, 3.8) is 0 Å². The van der Waals surface area contributed by atoms with Crippen LogP contribution in [0.3, 0.4) is 0 Å². The second-order valence-electron chi connectivity index (χ2n) is 5.51. The van der Waals surface area contributed by atoms with Crippen LogP contribution in [0.2, 0.25) is 0 Å². The highest BCUT2D eigenvalue weighted by atomic mass is 16.1. The van der Waals surface area contributed by atoms with Gasteiger partial charge >= 0.3 is 0 Å². The first-order valence-electron chi connectivity index (χ1n) is 7.09. The van der Waals surface area contributed by atoms with E-state index < -0.39 is 0 Å². The Morgan fingerprint density at radius 2 is 1.95 bits per heavy atom. The molecule has 2 fully saturated rings. The van der Waals surface area contributed by atoms with Crippen molar-refractivity contribution in [3.8, 4) is 0 Å². The van der Waals surface area contributed by atoms with E-state index >= 15 is 0 Å². The maximum absolute atomic E-state index is 11.5. The number of rotatable bonds is 4. The lowest BCUT2D eigenvalue weighted by Gasteiger charge is -2.16. The summed E-state index contributed by atoms with van der Waals surface area (Å²) in [6.45, 7) is 2.38. The van der Waals surface area contributed by atoms with Crippen molar-refractivity contribution in [2.75, 3.05) is 25.5 Å². The van der Waals surface area contributed by atoms with E-state index in [0.717, 1.165) is 18.3 Å². The lowest BCUT2D eigenvalue weighted by atomic mass is 10.1. The molecule has 2 aliphatic rings. The minimum absolute atomic E-state index is 0.0349. The van der Waals surface area contributed by atoms with E-state index in [0.29, 0.717) is 11.6 Å². The summed E-state index contributed by atoms with van der Waals surface area (Å²) in [4.78, 5) is 14.0. The van der Waals surface area contributed by atoms with Crippen LogP contribution in [0.1, 0.15) is 29.6 Å². The number of benzene rings is 1. The minimum atomic E-state index is -0.0349. The molecule has 19 heavy (non-hydrogen) atoms. The summed E-state index contributed by atoms with van der Waals surface area (Å²) < 4.78 is 0. The van der Waals surface area contributed by atoms with Gasteiger partial charge in [-0.05, 0) is 43.5 Å². The Morgan fingerprint density at radius 3 is 2.58 bits per heavy atom.